The van der Waals surface area contributed by atoms with Crippen molar-refractivity contribution in [2.45, 2.75) is 47.1 Å². The third-order valence-corrected chi connectivity index (χ3v) is 3.72. The molecule has 0 aromatic rings. The van der Waals surface area contributed by atoms with Gasteiger partial charge < -0.3 is 15.3 Å². The number of amides is 2. The Morgan fingerprint density at radius 2 is 1.75 bits per heavy atom. The monoisotopic (exact) mass is 286 g/mol. The lowest BCUT2D eigenvalue weighted by atomic mass is 9.92. The van der Waals surface area contributed by atoms with Gasteiger partial charge in [0.2, 0.25) is 11.8 Å². The summed E-state index contributed by atoms with van der Waals surface area (Å²) >= 11 is 0. The number of carbonyl (C=O) groups excluding carboxylic acids is 2. The largest absolute Gasteiger partial charge is 0.480 e. The first-order valence-electron chi connectivity index (χ1n) is 7.00. The lowest BCUT2D eigenvalue weighted by Crippen LogP contribution is -2.49. The molecule has 0 rings (SSSR count). The normalized spacial score (nSPS) is 15.1. The third-order valence-electron chi connectivity index (χ3n) is 3.72. The summed E-state index contributed by atoms with van der Waals surface area (Å²) in [6, 6.07) is -0.900. The smallest absolute Gasteiger partial charge is 0.326 e. The second kappa shape index (κ2) is 8.55. The van der Waals surface area contributed by atoms with Crippen molar-refractivity contribution >= 4 is 17.8 Å². The highest BCUT2D eigenvalue weighted by atomic mass is 16.4. The maximum absolute atomic E-state index is 12.4. The molecule has 0 bridgehead atoms. The Labute approximate surface area is 120 Å². The SMILES string of the molecule is CCC(C)C(C)C(=O)N(CCNC(C)=O)C(C)C(=O)O. The van der Waals surface area contributed by atoms with Gasteiger partial charge in [-0.3, -0.25) is 9.59 Å². The van der Waals surface area contributed by atoms with Gasteiger partial charge in [-0.15, -0.1) is 0 Å². The van der Waals surface area contributed by atoms with Gasteiger partial charge in [-0.2, -0.15) is 0 Å². The number of nitrogens with one attached hydrogen (secondary N) is 1. The molecule has 116 valence electrons. The Morgan fingerprint density at radius 3 is 2.15 bits per heavy atom. The van der Waals surface area contributed by atoms with E-state index in [0.717, 1.165) is 6.42 Å². The molecule has 0 fully saturated rings. The zero-order chi connectivity index (χ0) is 15.9. The summed E-state index contributed by atoms with van der Waals surface area (Å²) in [5, 5.41) is 11.7. The average Bonchev–Trinajstić information content (AvgIpc) is 2.39. The lowest BCUT2D eigenvalue weighted by Gasteiger charge is -2.31. The summed E-state index contributed by atoms with van der Waals surface area (Å²) in [4.78, 5) is 35.7. The summed E-state index contributed by atoms with van der Waals surface area (Å²) in [5.74, 6) is -1.47. The van der Waals surface area contributed by atoms with Crippen molar-refractivity contribution in [1.82, 2.24) is 10.2 Å². The molecule has 3 unspecified atom stereocenters. The molecule has 0 saturated heterocycles. The van der Waals surface area contributed by atoms with Crippen LogP contribution in [0.2, 0.25) is 0 Å². The van der Waals surface area contributed by atoms with E-state index in [1.165, 1.54) is 18.7 Å². The van der Waals surface area contributed by atoms with Crippen LogP contribution in [0.25, 0.3) is 0 Å². The van der Waals surface area contributed by atoms with Crippen LogP contribution < -0.4 is 5.32 Å². The van der Waals surface area contributed by atoms with Gasteiger partial charge in [0.05, 0.1) is 0 Å². The number of rotatable bonds is 8. The first kappa shape index (κ1) is 18.4. The molecule has 0 radical (unpaired) electrons. The Hall–Kier alpha value is -1.59. The van der Waals surface area contributed by atoms with Crippen LogP contribution in [0.1, 0.15) is 41.0 Å². The maximum atomic E-state index is 12.4. The fourth-order valence-electron chi connectivity index (χ4n) is 1.84. The van der Waals surface area contributed by atoms with Gasteiger partial charge in [-0.25, -0.2) is 4.79 Å². The van der Waals surface area contributed by atoms with Gasteiger partial charge in [0, 0.05) is 25.9 Å². The van der Waals surface area contributed by atoms with E-state index in [9.17, 15) is 14.4 Å². The number of carboxylic acids is 1. The Bertz CT molecular complexity index is 357. The van der Waals surface area contributed by atoms with Crippen LogP contribution in [0.3, 0.4) is 0 Å². The van der Waals surface area contributed by atoms with Crippen LogP contribution >= 0.6 is 0 Å². The minimum atomic E-state index is -1.04. The van der Waals surface area contributed by atoms with Crippen molar-refractivity contribution in [1.29, 1.82) is 0 Å². The van der Waals surface area contributed by atoms with Gasteiger partial charge in [0.1, 0.15) is 6.04 Å². The molecule has 0 aliphatic rings. The molecule has 6 heteroatoms. The second-order valence-electron chi connectivity index (χ2n) is 5.20. The Morgan fingerprint density at radius 1 is 1.20 bits per heavy atom. The summed E-state index contributed by atoms with van der Waals surface area (Å²) < 4.78 is 0. The van der Waals surface area contributed by atoms with Crippen molar-refractivity contribution in [3.8, 4) is 0 Å². The maximum Gasteiger partial charge on any atom is 0.326 e. The standard InChI is InChI=1S/C14H26N2O4/c1-6-9(2)10(3)13(18)16(11(4)14(19)20)8-7-15-12(5)17/h9-11H,6-8H2,1-5H3,(H,15,17)(H,19,20). The highest BCUT2D eigenvalue weighted by Crippen LogP contribution is 2.18. The molecular weight excluding hydrogens is 260 g/mol. The topological polar surface area (TPSA) is 86.7 Å². The highest BCUT2D eigenvalue weighted by molar-refractivity contribution is 5.85. The molecule has 2 amide bonds. The van der Waals surface area contributed by atoms with Crippen LogP contribution in [0.15, 0.2) is 0 Å². The first-order chi connectivity index (χ1) is 9.22. The molecule has 6 nitrogen and oxygen atoms in total. The summed E-state index contributed by atoms with van der Waals surface area (Å²) in [6.45, 7) is 9.11. The predicted octanol–water partition coefficient (Wildman–Crippen LogP) is 1.11. The first-order valence-corrected chi connectivity index (χ1v) is 7.00. The lowest BCUT2D eigenvalue weighted by molar-refractivity contribution is -0.151. The summed E-state index contributed by atoms with van der Waals surface area (Å²) in [7, 11) is 0. The summed E-state index contributed by atoms with van der Waals surface area (Å²) in [5.41, 5.74) is 0. The molecule has 0 spiro atoms. The number of carboxylic acid groups (broad SMARTS) is 1. The fraction of sp³-hybridized carbons (Fsp3) is 0.786. The van der Waals surface area contributed by atoms with Crippen molar-refractivity contribution in [2.24, 2.45) is 11.8 Å². The van der Waals surface area contributed by atoms with Crippen LogP contribution in [0, 0.1) is 11.8 Å². The van der Waals surface area contributed by atoms with E-state index in [-0.39, 0.29) is 36.7 Å². The molecule has 0 aromatic heterocycles. The predicted molar refractivity (Wildman–Crippen MR) is 76.1 cm³/mol. The van der Waals surface area contributed by atoms with Crippen molar-refractivity contribution in [2.75, 3.05) is 13.1 Å². The van der Waals surface area contributed by atoms with Crippen LogP contribution in [-0.2, 0) is 14.4 Å². The third kappa shape index (κ3) is 5.59. The zero-order valence-electron chi connectivity index (χ0n) is 13.0. The molecule has 3 atom stereocenters. The van der Waals surface area contributed by atoms with Crippen LogP contribution in [-0.4, -0.2) is 46.9 Å². The molecule has 0 aliphatic carbocycles. The number of carbonyl (C=O) groups is 3. The average molecular weight is 286 g/mol. The zero-order valence-corrected chi connectivity index (χ0v) is 13.0. The minimum Gasteiger partial charge on any atom is -0.480 e. The molecule has 20 heavy (non-hydrogen) atoms. The van der Waals surface area contributed by atoms with E-state index in [1.54, 1.807) is 0 Å². The van der Waals surface area contributed by atoms with Crippen molar-refractivity contribution in [3.63, 3.8) is 0 Å². The summed E-state index contributed by atoms with van der Waals surface area (Å²) in [6.07, 6.45) is 0.855. The molecule has 0 saturated carbocycles. The molecule has 2 N–H and O–H groups in total. The second-order valence-corrected chi connectivity index (χ2v) is 5.20. The van der Waals surface area contributed by atoms with Gasteiger partial charge >= 0.3 is 5.97 Å². The van der Waals surface area contributed by atoms with E-state index in [0.29, 0.717) is 0 Å². The number of aliphatic carboxylic acids is 1. The van der Waals surface area contributed by atoms with Gasteiger partial charge in [0.15, 0.2) is 0 Å². The molecule has 0 heterocycles. The molecular formula is C14H26N2O4. The van der Waals surface area contributed by atoms with Gasteiger partial charge in [0.25, 0.3) is 0 Å². The quantitative estimate of drug-likeness (QED) is 0.699. The van der Waals surface area contributed by atoms with E-state index in [1.807, 2.05) is 20.8 Å². The Balaban J connectivity index is 4.87. The van der Waals surface area contributed by atoms with Gasteiger partial charge in [-0.05, 0) is 12.8 Å². The fourth-order valence-corrected chi connectivity index (χ4v) is 1.84. The Kier molecular flexibility index (Phi) is 7.87. The number of hydrogen-bond acceptors (Lipinski definition) is 3. The van der Waals surface area contributed by atoms with Gasteiger partial charge in [-0.1, -0.05) is 27.2 Å². The minimum absolute atomic E-state index is 0.181. The highest BCUT2D eigenvalue weighted by Gasteiger charge is 2.30. The molecule has 0 aromatic carbocycles. The van der Waals surface area contributed by atoms with E-state index < -0.39 is 12.0 Å². The van der Waals surface area contributed by atoms with E-state index in [4.69, 9.17) is 5.11 Å². The van der Waals surface area contributed by atoms with Crippen molar-refractivity contribution < 1.29 is 19.5 Å². The molecule has 0 aliphatic heterocycles. The van der Waals surface area contributed by atoms with E-state index >= 15 is 0 Å². The number of hydrogen-bond donors (Lipinski definition) is 2. The van der Waals surface area contributed by atoms with E-state index in [2.05, 4.69) is 5.32 Å². The van der Waals surface area contributed by atoms with Crippen molar-refractivity contribution in [3.05, 3.63) is 0 Å². The van der Waals surface area contributed by atoms with Crippen LogP contribution in [0.4, 0.5) is 0 Å². The van der Waals surface area contributed by atoms with Crippen LogP contribution in [0.5, 0.6) is 0 Å². The number of nitrogens with zero attached hydrogens (tertiary/aromatic N) is 1.